The zero-order valence-electron chi connectivity index (χ0n) is 17.9. The summed E-state index contributed by atoms with van der Waals surface area (Å²) >= 11 is 1.25. The van der Waals surface area contributed by atoms with Gasteiger partial charge in [0.1, 0.15) is 5.82 Å². The quantitative estimate of drug-likeness (QED) is 0.438. The fourth-order valence-corrected chi connectivity index (χ4v) is 4.58. The molecule has 0 bridgehead atoms. The molecule has 1 amide bonds. The van der Waals surface area contributed by atoms with Crippen LogP contribution in [0.15, 0.2) is 64.5 Å². The van der Waals surface area contributed by atoms with Gasteiger partial charge in [-0.3, -0.25) is 14.5 Å². The first-order chi connectivity index (χ1) is 15.5. The highest BCUT2D eigenvalue weighted by Crippen LogP contribution is 2.21. The van der Waals surface area contributed by atoms with E-state index in [1.807, 2.05) is 37.3 Å². The largest absolute Gasteiger partial charge is 0.312 e. The smallest absolute Gasteiger partial charge is 0.256 e. The fraction of sp³-hybridized carbons (Fsp3) is 0.292. The summed E-state index contributed by atoms with van der Waals surface area (Å²) in [6, 6.07) is 16.0. The van der Waals surface area contributed by atoms with Crippen LogP contribution in [-0.2, 0) is 24.3 Å². The van der Waals surface area contributed by atoms with Gasteiger partial charge in [0.2, 0.25) is 5.91 Å². The molecule has 3 aromatic rings. The minimum absolute atomic E-state index is 0.0328. The van der Waals surface area contributed by atoms with Gasteiger partial charge in [0, 0.05) is 38.3 Å². The number of hydrogen-bond donors (Lipinski definition) is 1. The van der Waals surface area contributed by atoms with Crippen LogP contribution in [0.3, 0.4) is 0 Å². The van der Waals surface area contributed by atoms with Crippen molar-refractivity contribution >= 4 is 23.4 Å². The van der Waals surface area contributed by atoms with Gasteiger partial charge in [-0.2, -0.15) is 0 Å². The molecule has 0 saturated heterocycles. The van der Waals surface area contributed by atoms with Gasteiger partial charge in [-0.25, -0.2) is 9.37 Å². The van der Waals surface area contributed by atoms with Crippen LogP contribution >= 0.6 is 11.8 Å². The Morgan fingerprint density at radius 2 is 1.94 bits per heavy atom. The summed E-state index contributed by atoms with van der Waals surface area (Å²) in [5.41, 5.74) is 3.14. The van der Waals surface area contributed by atoms with Crippen LogP contribution < -0.4 is 10.5 Å². The van der Waals surface area contributed by atoms with E-state index in [2.05, 4.69) is 14.9 Å². The summed E-state index contributed by atoms with van der Waals surface area (Å²) in [5, 5.41) is 0.471. The number of aromatic nitrogens is 2. The number of thioether (sulfide) groups is 1. The van der Waals surface area contributed by atoms with Gasteiger partial charge in [0.05, 0.1) is 17.0 Å². The number of carbonyl (C=O) groups is 1. The number of rotatable bonds is 7. The molecule has 0 fully saturated rings. The fourth-order valence-electron chi connectivity index (χ4n) is 3.83. The van der Waals surface area contributed by atoms with E-state index >= 15 is 0 Å². The SMILES string of the molecule is CCN(C(=O)CSc1nc2c(c(=O)[nH]1)CN(Cc1ccc(F)cc1)CC2)c1ccccc1. The lowest BCUT2D eigenvalue weighted by Gasteiger charge is -2.27. The number of nitrogens with zero attached hydrogens (tertiary/aromatic N) is 3. The lowest BCUT2D eigenvalue weighted by Crippen LogP contribution is -2.35. The summed E-state index contributed by atoms with van der Waals surface area (Å²) in [7, 11) is 0. The van der Waals surface area contributed by atoms with E-state index in [1.165, 1.54) is 23.9 Å². The summed E-state index contributed by atoms with van der Waals surface area (Å²) < 4.78 is 13.1. The molecule has 0 saturated carbocycles. The van der Waals surface area contributed by atoms with Gasteiger partial charge in [-0.05, 0) is 36.8 Å². The summed E-state index contributed by atoms with van der Waals surface area (Å²) in [5.74, 6) is -0.0940. The van der Waals surface area contributed by atoms with Crippen LogP contribution in [0.1, 0.15) is 23.7 Å². The van der Waals surface area contributed by atoms with Crippen molar-refractivity contribution in [2.75, 3.05) is 23.7 Å². The number of nitrogens with one attached hydrogen (secondary N) is 1. The number of amides is 1. The van der Waals surface area contributed by atoms with Crippen molar-refractivity contribution in [3.63, 3.8) is 0 Å². The molecule has 4 rings (SSSR count). The van der Waals surface area contributed by atoms with Crippen LogP contribution in [0.25, 0.3) is 0 Å². The lowest BCUT2D eigenvalue weighted by atomic mass is 10.1. The summed E-state index contributed by atoms with van der Waals surface area (Å²) in [6.45, 7) is 4.42. The molecule has 1 aromatic heterocycles. The standard InChI is InChI=1S/C24H25FN4O2S/c1-2-29(19-6-4-3-5-7-19)22(30)16-32-24-26-21-12-13-28(15-20(21)23(31)27-24)14-17-8-10-18(25)11-9-17/h3-11H,2,12-16H2,1H3,(H,26,27,31). The number of H-pyrrole nitrogens is 1. The Bertz CT molecular complexity index is 1130. The average Bonchev–Trinajstić information content (AvgIpc) is 2.81. The molecule has 1 aliphatic rings. The Morgan fingerprint density at radius 3 is 2.66 bits per heavy atom. The highest BCUT2D eigenvalue weighted by atomic mass is 32.2. The van der Waals surface area contributed by atoms with Crippen LogP contribution in [0, 0.1) is 5.82 Å². The molecule has 0 atom stereocenters. The molecular formula is C24H25FN4O2S. The summed E-state index contributed by atoms with van der Waals surface area (Å²) in [4.78, 5) is 36.7. The highest BCUT2D eigenvalue weighted by Gasteiger charge is 2.22. The Hall–Kier alpha value is -2.97. The van der Waals surface area contributed by atoms with Crippen molar-refractivity contribution in [3.05, 3.63) is 87.6 Å². The Balaban J connectivity index is 1.40. The molecule has 166 valence electrons. The number of hydrogen-bond acceptors (Lipinski definition) is 5. The van der Waals surface area contributed by atoms with Crippen molar-refractivity contribution in [3.8, 4) is 0 Å². The van der Waals surface area contributed by atoms with Gasteiger partial charge in [0.15, 0.2) is 5.16 Å². The minimum Gasteiger partial charge on any atom is -0.312 e. The van der Waals surface area contributed by atoms with Crippen molar-refractivity contribution < 1.29 is 9.18 Å². The molecule has 6 nitrogen and oxygen atoms in total. The number of carbonyl (C=O) groups excluding carboxylic acids is 1. The molecule has 0 spiro atoms. The van der Waals surface area contributed by atoms with E-state index in [1.54, 1.807) is 17.0 Å². The van der Waals surface area contributed by atoms with Crippen LogP contribution in [-0.4, -0.2) is 39.6 Å². The monoisotopic (exact) mass is 452 g/mol. The highest BCUT2D eigenvalue weighted by molar-refractivity contribution is 7.99. The third kappa shape index (κ3) is 5.26. The predicted octanol–water partition coefficient (Wildman–Crippen LogP) is 3.61. The molecule has 8 heteroatoms. The first kappa shape index (κ1) is 22.2. The molecule has 0 radical (unpaired) electrons. The van der Waals surface area contributed by atoms with Crippen molar-refractivity contribution in [1.82, 2.24) is 14.9 Å². The number of para-hydroxylation sites is 1. The average molecular weight is 453 g/mol. The van der Waals surface area contributed by atoms with Crippen LogP contribution in [0.4, 0.5) is 10.1 Å². The summed E-state index contributed by atoms with van der Waals surface area (Å²) in [6.07, 6.45) is 0.660. The Labute approximate surface area is 190 Å². The molecule has 2 heterocycles. The second kappa shape index (κ2) is 10.1. The zero-order chi connectivity index (χ0) is 22.5. The van der Waals surface area contributed by atoms with Gasteiger partial charge < -0.3 is 9.88 Å². The molecule has 0 unspecified atom stereocenters. The third-order valence-corrected chi connectivity index (χ3v) is 6.32. The van der Waals surface area contributed by atoms with E-state index in [0.717, 1.165) is 23.5 Å². The Morgan fingerprint density at radius 1 is 1.19 bits per heavy atom. The number of anilines is 1. The third-order valence-electron chi connectivity index (χ3n) is 5.46. The van der Waals surface area contributed by atoms with Gasteiger partial charge in [-0.15, -0.1) is 0 Å². The van der Waals surface area contributed by atoms with Crippen molar-refractivity contribution in [1.29, 1.82) is 0 Å². The second-order valence-electron chi connectivity index (χ2n) is 7.65. The molecule has 1 aliphatic heterocycles. The first-order valence-corrected chi connectivity index (χ1v) is 11.6. The lowest BCUT2D eigenvalue weighted by molar-refractivity contribution is -0.116. The normalized spacial score (nSPS) is 13.6. The number of halogens is 1. The molecule has 2 aromatic carbocycles. The predicted molar refractivity (Wildman–Crippen MR) is 124 cm³/mol. The van der Waals surface area contributed by atoms with Crippen molar-refractivity contribution in [2.45, 2.75) is 31.6 Å². The van der Waals surface area contributed by atoms with Crippen LogP contribution in [0.5, 0.6) is 0 Å². The van der Waals surface area contributed by atoms with E-state index in [0.29, 0.717) is 36.8 Å². The number of fused-ring (bicyclic) bond motifs is 1. The molecule has 32 heavy (non-hydrogen) atoms. The first-order valence-electron chi connectivity index (χ1n) is 10.6. The zero-order valence-corrected chi connectivity index (χ0v) is 18.7. The maximum atomic E-state index is 13.1. The van der Waals surface area contributed by atoms with E-state index in [4.69, 9.17) is 0 Å². The maximum absolute atomic E-state index is 13.1. The Kier molecular flexibility index (Phi) is 7.02. The molecule has 0 aliphatic carbocycles. The maximum Gasteiger partial charge on any atom is 0.256 e. The van der Waals surface area contributed by atoms with Gasteiger partial charge >= 0.3 is 0 Å². The molecular weight excluding hydrogens is 427 g/mol. The number of aromatic amines is 1. The second-order valence-corrected chi connectivity index (χ2v) is 8.61. The minimum atomic E-state index is -0.257. The van der Waals surface area contributed by atoms with Crippen molar-refractivity contribution in [2.24, 2.45) is 0 Å². The molecule has 1 N–H and O–H groups in total. The number of benzene rings is 2. The van der Waals surface area contributed by atoms with Crippen LogP contribution in [0.2, 0.25) is 0 Å². The van der Waals surface area contributed by atoms with E-state index in [9.17, 15) is 14.0 Å². The van der Waals surface area contributed by atoms with Gasteiger partial charge in [0.25, 0.3) is 5.56 Å². The van der Waals surface area contributed by atoms with E-state index in [-0.39, 0.29) is 23.0 Å². The van der Waals surface area contributed by atoms with Gasteiger partial charge in [-0.1, -0.05) is 42.1 Å². The topological polar surface area (TPSA) is 69.3 Å². The van der Waals surface area contributed by atoms with E-state index < -0.39 is 0 Å².